The zero-order valence-electron chi connectivity index (χ0n) is 12.3. The van der Waals surface area contributed by atoms with Crippen LogP contribution in [0.4, 0.5) is 4.39 Å². The highest BCUT2D eigenvalue weighted by molar-refractivity contribution is 7.89. The van der Waals surface area contributed by atoms with Crippen molar-refractivity contribution in [2.24, 2.45) is 0 Å². The topological polar surface area (TPSA) is 50.3 Å². The molecule has 0 aliphatic carbocycles. The minimum atomic E-state index is -3.67. The van der Waals surface area contributed by atoms with Gasteiger partial charge in [0.05, 0.1) is 22.1 Å². The average molecular weight is 328 g/mol. The van der Waals surface area contributed by atoms with Gasteiger partial charge in [-0.25, -0.2) is 17.8 Å². The second-order valence-electron chi connectivity index (χ2n) is 4.99. The van der Waals surface area contributed by atoms with Gasteiger partial charge in [0.15, 0.2) is 0 Å². The molecule has 0 fully saturated rings. The summed E-state index contributed by atoms with van der Waals surface area (Å²) in [5, 5.41) is 2.73. The Balaban J connectivity index is 2.38. The van der Waals surface area contributed by atoms with Gasteiger partial charge in [-0.05, 0) is 44.0 Å². The van der Waals surface area contributed by atoms with E-state index in [2.05, 4.69) is 4.98 Å². The van der Waals surface area contributed by atoms with Crippen molar-refractivity contribution < 1.29 is 12.8 Å². The molecule has 0 N–H and O–H groups in total. The number of aromatic nitrogens is 1. The fourth-order valence-corrected chi connectivity index (χ4v) is 4.40. The molecule has 21 heavy (non-hydrogen) atoms. The SMILES string of the molecule is Cc1nc(CN(C)S(=O)(=O)c2c(C)cc(F)cc2C)cs1. The van der Waals surface area contributed by atoms with E-state index in [1.165, 1.54) is 34.8 Å². The molecule has 0 spiro atoms. The zero-order chi connectivity index (χ0) is 15.8. The second kappa shape index (κ2) is 5.82. The minimum Gasteiger partial charge on any atom is -0.245 e. The van der Waals surface area contributed by atoms with Crippen LogP contribution in [0.5, 0.6) is 0 Å². The lowest BCUT2D eigenvalue weighted by Gasteiger charge is -2.19. The van der Waals surface area contributed by atoms with Gasteiger partial charge in [0.1, 0.15) is 5.82 Å². The molecule has 0 saturated carbocycles. The second-order valence-corrected chi connectivity index (χ2v) is 8.03. The summed E-state index contributed by atoms with van der Waals surface area (Å²) in [4.78, 5) is 4.43. The van der Waals surface area contributed by atoms with Crippen LogP contribution in [0.25, 0.3) is 0 Å². The van der Waals surface area contributed by atoms with Gasteiger partial charge in [0, 0.05) is 12.4 Å². The highest BCUT2D eigenvalue weighted by Gasteiger charge is 2.26. The van der Waals surface area contributed by atoms with Crippen LogP contribution in [0.2, 0.25) is 0 Å². The molecule has 7 heteroatoms. The van der Waals surface area contributed by atoms with Crippen LogP contribution in [-0.4, -0.2) is 24.8 Å². The molecule has 2 rings (SSSR count). The van der Waals surface area contributed by atoms with E-state index in [-0.39, 0.29) is 11.4 Å². The summed E-state index contributed by atoms with van der Waals surface area (Å²) in [6.45, 7) is 5.27. The molecule has 0 saturated heterocycles. The Hall–Kier alpha value is -1.31. The maximum absolute atomic E-state index is 13.3. The third-order valence-electron chi connectivity index (χ3n) is 3.14. The number of sulfonamides is 1. The summed E-state index contributed by atoms with van der Waals surface area (Å²) in [7, 11) is -2.17. The van der Waals surface area contributed by atoms with Gasteiger partial charge in [0.25, 0.3) is 0 Å². The van der Waals surface area contributed by atoms with E-state index in [4.69, 9.17) is 0 Å². The van der Waals surface area contributed by atoms with E-state index in [0.29, 0.717) is 16.8 Å². The number of nitrogens with zero attached hydrogens (tertiary/aromatic N) is 2. The lowest BCUT2D eigenvalue weighted by atomic mass is 10.1. The molecule has 1 aromatic heterocycles. The van der Waals surface area contributed by atoms with E-state index in [0.717, 1.165) is 5.01 Å². The molecule has 0 unspecified atom stereocenters. The van der Waals surface area contributed by atoms with Crippen LogP contribution in [0, 0.1) is 26.6 Å². The minimum absolute atomic E-state index is 0.165. The standard InChI is InChI=1S/C14H17FN2O2S2/c1-9-5-12(15)6-10(2)14(9)21(18,19)17(4)7-13-8-20-11(3)16-13/h5-6,8H,7H2,1-4H3. The third kappa shape index (κ3) is 3.30. The van der Waals surface area contributed by atoms with Gasteiger partial charge in [0.2, 0.25) is 10.0 Å². The van der Waals surface area contributed by atoms with Gasteiger partial charge in [-0.1, -0.05) is 0 Å². The van der Waals surface area contributed by atoms with Crippen LogP contribution in [0.15, 0.2) is 22.4 Å². The summed E-state index contributed by atoms with van der Waals surface area (Å²) >= 11 is 1.48. The lowest BCUT2D eigenvalue weighted by Crippen LogP contribution is -2.28. The van der Waals surface area contributed by atoms with Gasteiger partial charge < -0.3 is 0 Å². The Morgan fingerprint density at radius 2 is 1.81 bits per heavy atom. The Morgan fingerprint density at radius 1 is 1.24 bits per heavy atom. The maximum atomic E-state index is 13.3. The van der Waals surface area contributed by atoms with Crippen LogP contribution >= 0.6 is 11.3 Å². The first kappa shape index (κ1) is 16.1. The highest BCUT2D eigenvalue weighted by Crippen LogP contribution is 2.25. The molecule has 114 valence electrons. The first-order chi connectivity index (χ1) is 9.71. The molecule has 1 heterocycles. The number of thiazole rings is 1. The fourth-order valence-electron chi connectivity index (χ4n) is 2.25. The molecule has 0 aliphatic heterocycles. The molecule has 0 aliphatic rings. The van der Waals surface area contributed by atoms with E-state index >= 15 is 0 Å². The Morgan fingerprint density at radius 3 is 2.29 bits per heavy atom. The number of benzene rings is 1. The summed E-state index contributed by atoms with van der Waals surface area (Å²) in [5.41, 5.74) is 1.53. The van der Waals surface area contributed by atoms with Crippen LogP contribution in [0.3, 0.4) is 0 Å². The Bertz CT molecular complexity index is 746. The molecule has 2 aromatic rings. The first-order valence-electron chi connectivity index (χ1n) is 6.36. The van der Waals surface area contributed by atoms with Crippen molar-refractivity contribution in [2.45, 2.75) is 32.2 Å². The number of hydrogen-bond acceptors (Lipinski definition) is 4. The molecular weight excluding hydrogens is 311 g/mol. The summed E-state index contributed by atoms with van der Waals surface area (Å²) in [6, 6.07) is 2.47. The number of rotatable bonds is 4. The summed E-state index contributed by atoms with van der Waals surface area (Å²) in [6.07, 6.45) is 0. The van der Waals surface area contributed by atoms with Crippen molar-refractivity contribution in [2.75, 3.05) is 7.05 Å². The monoisotopic (exact) mass is 328 g/mol. The molecule has 4 nitrogen and oxygen atoms in total. The van der Waals surface area contributed by atoms with Gasteiger partial charge >= 0.3 is 0 Å². The smallest absolute Gasteiger partial charge is 0.243 e. The van der Waals surface area contributed by atoms with E-state index < -0.39 is 15.8 Å². The molecule has 0 amide bonds. The van der Waals surface area contributed by atoms with Gasteiger partial charge in [-0.2, -0.15) is 4.31 Å². The van der Waals surface area contributed by atoms with Crippen molar-refractivity contribution >= 4 is 21.4 Å². The molecule has 0 radical (unpaired) electrons. The normalized spacial score (nSPS) is 12.1. The van der Waals surface area contributed by atoms with E-state index in [1.807, 2.05) is 12.3 Å². The van der Waals surface area contributed by atoms with Crippen molar-refractivity contribution in [1.82, 2.24) is 9.29 Å². The molecule has 0 bridgehead atoms. The molecule has 1 aromatic carbocycles. The number of halogens is 1. The van der Waals surface area contributed by atoms with Crippen molar-refractivity contribution in [1.29, 1.82) is 0 Å². The van der Waals surface area contributed by atoms with Crippen molar-refractivity contribution in [3.05, 3.63) is 45.2 Å². The number of hydrogen-bond donors (Lipinski definition) is 0. The Labute approximate surface area is 128 Å². The zero-order valence-corrected chi connectivity index (χ0v) is 14.0. The Kier molecular flexibility index (Phi) is 4.46. The van der Waals surface area contributed by atoms with Gasteiger partial charge in [-0.3, -0.25) is 0 Å². The molecular formula is C14H17FN2O2S2. The summed E-state index contributed by atoms with van der Waals surface area (Å²) < 4.78 is 39.9. The van der Waals surface area contributed by atoms with Crippen LogP contribution < -0.4 is 0 Å². The quantitative estimate of drug-likeness (QED) is 0.867. The van der Waals surface area contributed by atoms with Gasteiger partial charge in [-0.15, -0.1) is 11.3 Å². The number of aryl methyl sites for hydroxylation is 3. The van der Waals surface area contributed by atoms with Crippen molar-refractivity contribution in [3.63, 3.8) is 0 Å². The fraction of sp³-hybridized carbons (Fsp3) is 0.357. The lowest BCUT2D eigenvalue weighted by molar-refractivity contribution is 0.461. The predicted octanol–water partition coefficient (Wildman–Crippen LogP) is 3.03. The van der Waals surface area contributed by atoms with E-state index in [9.17, 15) is 12.8 Å². The van der Waals surface area contributed by atoms with Crippen molar-refractivity contribution in [3.8, 4) is 0 Å². The van der Waals surface area contributed by atoms with Crippen LogP contribution in [-0.2, 0) is 16.6 Å². The highest BCUT2D eigenvalue weighted by atomic mass is 32.2. The van der Waals surface area contributed by atoms with E-state index in [1.54, 1.807) is 13.8 Å². The van der Waals surface area contributed by atoms with Crippen LogP contribution in [0.1, 0.15) is 21.8 Å². The first-order valence-corrected chi connectivity index (χ1v) is 8.68. The largest absolute Gasteiger partial charge is 0.245 e. The summed E-state index contributed by atoms with van der Waals surface area (Å²) in [5.74, 6) is -0.429. The predicted molar refractivity (Wildman–Crippen MR) is 81.4 cm³/mol. The maximum Gasteiger partial charge on any atom is 0.243 e. The third-order valence-corrected chi connectivity index (χ3v) is 6.08. The molecule has 0 atom stereocenters. The average Bonchev–Trinajstić information content (AvgIpc) is 2.72.